The minimum Gasteiger partial charge on any atom is -0.389 e. The fourth-order valence-electron chi connectivity index (χ4n) is 1.15. The fraction of sp³-hybridized carbons (Fsp3) is 0.222. The van der Waals surface area contributed by atoms with Gasteiger partial charge >= 0.3 is 0 Å². The van der Waals surface area contributed by atoms with Crippen LogP contribution < -0.4 is 5.73 Å². The number of hydrogen-bond acceptors (Lipinski definition) is 4. The Labute approximate surface area is 98.9 Å². The number of nitrogen functional groups attached to an aromatic ring is 1. The highest BCUT2D eigenvalue weighted by molar-refractivity contribution is 9.10. The number of thiophene rings is 1. The largest absolute Gasteiger partial charge is 0.389 e. The van der Waals surface area contributed by atoms with Crippen molar-refractivity contribution in [2.75, 3.05) is 5.73 Å². The molecule has 0 aliphatic heterocycles. The average Bonchev–Trinajstić information content (AvgIpc) is 2.71. The number of anilines is 1. The summed E-state index contributed by atoms with van der Waals surface area (Å²) in [6, 6.07) is 2.07. The molecule has 74 valence electrons. The quantitative estimate of drug-likeness (QED) is 0.913. The molecule has 0 amide bonds. The van der Waals surface area contributed by atoms with Crippen LogP contribution in [-0.4, -0.2) is 4.98 Å². The van der Waals surface area contributed by atoms with E-state index in [9.17, 15) is 0 Å². The molecule has 0 aliphatic carbocycles. The van der Waals surface area contributed by atoms with E-state index in [4.69, 9.17) is 5.73 Å². The molecular weight excluding hydrogens is 280 g/mol. The molecule has 0 saturated carbocycles. The van der Waals surface area contributed by atoms with Gasteiger partial charge in [0.25, 0.3) is 0 Å². The van der Waals surface area contributed by atoms with E-state index in [1.54, 1.807) is 22.7 Å². The maximum absolute atomic E-state index is 5.84. The molecule has 5 heteroatoms. The Balaban J connectivity index is 2.42. The zero-order chi connectivity index (χ0) is 10.1. The number of aryl methyl sites for hydroxylation is 1. The van der Waals surface area contributed by atoms with Crippen molar-refractivity contribution in [3.05, 3.63) is 21.6 Å². The van der Waals surface area contributed by atoms with E-state index in [1.807, 2.05) is 0 Å². The molecular formula is C9H9BrN2S2. The maximum Gasteiger partial charge on any atom is 0.135 e. The predicted octanol–water partition coefficient (Wildman–Crippen LogP) is 3.78. The zero-order valence-corrected chi connectivity index (χ0v) is 10.8. The molecule has 0 spiro atoms. The van der Waals surface area contributed by atoms with Crippen LogP contribution in [0, 0.1) is 0 Å². The van der Waals surface area contributed by atoms with Gasteiger partial charge in [0, 0.05) is 9.85 Å². The van der Waals surface area contributed by atoms with E-state index in [2.05, 4.69) is 39.3 Å². The van der Waals surface area contributed by atoms with E-state index in [-0.39, 0.29) is 0 Å². The summed E-state index contributed by atoms with van der Waals surface area (Å²) in [6.07, 6.45) is 0.898. The molecule has 0 aliphatic rings. The van der Waals surface area contributed by atoms with Crippen molar-refractivity contribution in [3.8, 4) is 9.88 Å². The molecule has 0 saturated heterocycles. The second kappa shape index (κ2) is 4.00. The summed E-state index contributed by atoms with van der Waals surface area (Å²) in [4.78, 5) is 5.67. The van der Waals surface area contributed by atoms with Gasteiger partial charge in [-0.25, -0.2) is 4.98 Å². The first-order chi connectivity index (χ1) is 6.70. The van der Waals surface area contributed by atoms with Gasteiger partial charge in [-0.1, -0.05) is 18.3 Å². The second-order valence-electron chi connectivity index (χ2n) is 2.81. The Morgan fingerprint density at radius 2 is 2.36 bits per heavy atom. The van der Waals surface area contributed by atoms with E-state index in [1.165, 1.54) is 4.88 Å². The lowest BCUT2D eigenvalue weighted by atomic mass is 10.3. The topological polar surface area (TPSA) is 38.9 Å². The first-order valence-corrected chi connectivity index (χ1v) is 6.69. The number of nitrogens with zero attached hydrogens (tertiary/aromatic N) is 1. The Morgan fingerprint density at radius 3 is 2.86 bits per heavy atom. The molecule has 0 aromatic carbocycles. The zero-order valence-electron chi connectivity index (χ0n) is 7.58. The monoisotopic (exact) mass is 288 g/mol. The number of hydrogen-bond donors (Lipinski definition) is 1. The van der Waals surface area contributed by atoms with Crippen LogP contribution in [0.1, 0.15) is 12.6 Å². The van der Waals surface area contributed by atoms with Crippen molar-refractivity contribution >= 4 is 43.6 Å². The van der Waals surface area contributed by atoms with Gasteiger partial charge in [-0.05, 0) is 28.4 Å². The lowest BCUT2D eigenvalue weighted by Gasteiger charge is -1.87. The summed E-state index contributed by atoms with van der Waals surface area (Å²) in [5.41, 5.74) is 6.85. The molecule has 2 rings (SSSR count). The number of rotatable bonds is 2. The summed E-state index contributed by atoms with van der Waals surface area (Å²) in [6.45, 7) is 2.07. The number of halogens is 1. The third kappa shape index (κ3) is 1.85. The highest BCUT2D eigenvalue weighted by Crippen LogP contribution is 2.35. The summed E-state index contributed by atoms with van der Waals surface area (Å²) in [5.74, 6) is 0. The molecule has 0 bridgehead atoms. The van der Waals surface area contributed by atoms with Crippen molar-refractivity contribution < 1.29 is 0 Å². The van der Waals surface area contributed by atoms with Crippen LogP contribution in [0.5, 0.6) is 0 Å². The third-order valence-corrected chi connectivity index (χ3v) is 4.63. The first kappa shape index (κ1) is 10.1. The van der Waals surface area contributed by atoms with Crippen LogP contribution in [0.3, 0.4) is 0 Å². The highest BCUT2D eigenvalue weighted by Gasteiger charge is 2.09. The van der Waals surface area contributed by atoms with Crippen LogP contribution in [-0.2, 0) is 6.42 Å². The van der Waals surface area contributed by atoms with Crippen LogP contribution in [0.4, 0.5) is 5.00 Å². The van der Waals surface area contributed by atoms with Gasteiger partial charge in [0.15, 0.2) is 0 Å². The van der Waals surface area contributed by atoms with Crippen LogP contribution in [0.2, 0.25) is 0 Å². The maximum atomic E-state index is 5.84. The van der Waals surface area contributed by atoms with E-state index < -0.39 is 0 Å². The summed E-state index contributed by atoms with van der Waals surface area (Å²) < 4.78 is 1.10. The van der Waals surface area contributed by atoms with Gasteiger partial charge in [-0.2, -0.15) is 0 Å². The average molecular weight is 289 g/mol. The third-order valence-electron chi connectivity index (χ3n) is 1.84. The molecule has 0 radical (unpaired) electrons. The molecule has 2 nitrogen and oxygen atoms in total. The minimum atomic E-state index is 0.840. The van der Waals surface area contributed by atoms with Gasteiger partial charge in [0.2, 0.25) is 0 Å². The standard InChI is InChI=1S/C9H9BrN2S2/c1-2-6-8(11)14-9(12-6)7-3-5(10)4-13-7/h3-4H,2,11H2,1H3. The summed E-state index contributed by atoms with van der Waals surface area (Å²) in [5, 5.41) is 3.92. The van der Waals surface area contributed by atoms with E-state index >= 15 is 0 Å². The SMILES string of the molecule is CCc1nc(-c2cc(Br)cs2)sc1N. The Kier molecular flexibility index (Phi) is 2.90. The summed E-state index contributed by atoms with van der Waals surface area (Å²) >= 11 is 6.67. The van der Waals surface area contributed by atoms with Crippen molar-refractivity contribution in [2.24, 2.45) is 0 Å². The van der Waals surface area contributed by atoms with Gasteiger partial charge in [-0.15, -0.1) is 11.3 Å². The van der Waals surface area contributed by atoms with Gasteiger partial charge < -0.3 is 5.73 Å². The molecule has 0 atom stereocenters. The second-order valence-corrected chi connectivity index (χ2v) is 5.67. The first-order valence-electron chi connectivity index (χ1n) is 4.20. The Bertz CT molecular complexity index is 447. The molecule has 0 fully saturated rings. The van der Waals surface area contributed by atoms with Gasteiger partial charge in [-0.3, -0.25) is 0 Å². The molecule has 2 aromatic heterocycles. The molecule has 2 heterocycles. The van der Waals surface area contributed by atoms with Crippen LogP contribution >= 0.6 is 38.6 Å². The molecule has 0 unspecified atom stereocenters. The van der Waals surface area contributed by atoms with Gasteiger partial charge in [0.1, 0.15) is 10.0 Å². The predicted molar refractivity (Wildman–Crippen MR) is 66.9 cm³/mol. The fourth-order valence-corrected chi connectivity index (χ4v) is 3.56. The highest BCUT2D eigenvalue weighted by atomic mass is 79.9. The lowest BCUT2D eigenvalue weighted by Crippen LogP contribution is -1.87. The minimum absolute atomic E-state index is 0.840. The molecule has 2 aromatic rings. The normalized spacial score (nSPS) is 10.7. The number of thiazole rings is 1. The lowest BCUT2D eigenvalue weighted by molar-refractivity contribution is 1.07. The Hall–Kier alpha value is -0.390. The smallest absolute Gasteiger partial charge is 0.135 e. The van der Waals surface area contributed by atoms with Crippen LogP contribution in [0.25, 0.3) is 9.88 Å². The van der Waals surface area contributed by atoms with E-state index in [0.29, 0.717) is 0 Å². The Morgan fingerprint density at radius 1 is 1.57 bits per heavy atom. The van der Waals surface area contributed by atoms with Crippen molar-refractivity contribution in [2.45, 2.75) is 13.3 Å². The molecule has 2 N–H and O–H groups in total. The van der Waals surface area contributed by atoms with Crippen molar-refractivity contribution in [3.63, 3.8) is 0 Å². The van der Waals surface area contributed by atoms with Crippen molar-refractivity contribution in [1.29, 1.82) is 0 Å². The number of aromatic nitrogens is 1. The summed E-state index contributed by atoms with van der Waals surface area (Å²) in [7, 11) is 0. The number of nitrogens with two attached hydrogens (primary N) is 1. The van der Waals surface area contributed by atoms with Gasteiger partial charge in [0.05, 0.1) is 10.6 Å². The van der Waals surface area contributed by atoms with E-state index in [0.717, 1.165) is 26.6 Å². The molecule has 14 heavy (non-hydrogen) atoms. The van der Waals surface area contributed by atoms with Crippen LogP contribution in [0.15, 0.2) is 15.9 Å². The van der Waals surface area contributed by atoms with Crippen molar-refractivity contribution in [1.82, 2.24) is 4.98 Å².